The summed E-state index contributed by atoms with van der Waals surface area (Å²) < 4.78 is 0. The molecule has 0 radical (unpaired) electrons. The summed E-state index contributed by atoms with van der Waals surface area (Å²) in [5.74, 6) is 0. The molecule has 2 aliphatic rings. The molecule has 2 aromatic carbocycles. The lowest BCUT2D eigenvalue weighted by Gasteiger charge is -2.25. The zero-order chi connectivity index (χ0) is 15.3. The van der Waals surface area contributed by atoms with Crippen LogP contribution in [0.3, 0.4) is 0 Å². The van der Waals surface area contributed by atoms with Gasteiger partial charge in [-0.3, -0.25) is 0 Å². The zero-order valence-corrected chi connectivity index (χ0v) is 13.6. The van der Waals surface area contributed by atoms with Gasteiger partial charge in [-0.05, 0) is 53.7 Å². The van der Waals surface area contributed by atoms with Crippen molar-refractivity contribution in [3.63, 3.8) is 0 Å². The molecule has 22 heavy (non-hydrogen) atoms. The highest BCUT2D eigenvalue weighted by Crippen LogP contribution is 2.50. The molecular formula is C22H22. The number of allylic oxidation sites excluding steroid dienone is 4. The van der Waals surface area contributed by atoms with E-state index in [0.717, 1.165) is 0 Å². The maximum atomic E-state index is 2.39. The van der Waals surface area contributed by atoms with Crippen LogP contribution in [0.4, 0.5) is 0 Å². The maximum absolute atomic E-state index is 2.39. The van der Waals surface area contributed by atoms with Crippen LogP contribution in [-0.2, 0) is 5.41 Å². The molecule has 4 rings (SSSR count). The standard InChI is InChI=1S/C22H22/c1-15-7-6-8-16(13-15)17-11-12-21-19(14-17)18-9-4-5-10-20(18)22(21,2)3/h4,6-9,11-14H,5,10H2,1-3H3. The van der Waals surface area contributed by atoms with E-state index in [9.17, 15) is 0 Å². The predicted molar refractivity (Wildman–Crippen MR) is 94.9 cm³/mol. The van der Waals surface area contributed by atoms with Crippen molar-refractivity contribution in [2.75, 3.05) is 0 Å². The van der Waals surface area contributed by atoms with E-state index in [-0.39, 0.29) is 5.41 Å². The molecule has 0 saturated heterocycles. The van der Waals surface area contributed by atoms with Gasteiger partial charge in [0.2, 0.25) is 0 Å². The Morgan fingerprint density at radius 1 is 0.955 bits per heavy atom. The Morgan fingerprint density at radius 3 is 2.59 bits per heavy atom. The summed E-state index contributed by atoms with van der Waals surface area (Å²) in [6.45, 7) is 6.91. The van der Waals surface area contributed by atoms with Crippen LogP contribution in [0.2, 0.25) is 0 Å². The number of fused-ring (bicyclic) bond motifs is 2. The molecule has 2 aliphatic carbocycles. The van der Waals surface area contributed by atoms with Gasteiger partial charge in [-0.2, -0.15) is 0 Å². The van der Waals surface area contributed by atoms with Gasteiger partial charge in [0.25, 0.3) is 0 Å². The third kappa shape index (κ3) is 1.90. The predicted octanol–water partition coefficient (Wildman–Crippen LogP) is 6.06. The molecule has 0 aliphatic heterocycles. The fourth-order valence-electron chi connectivity index (χ4n) is 4.04. The molecule has 0 aromatic heterocycles. The number of hydrogen-bond acceptors (Lipinski definition) is 0. The Labute approximate surface area is 133 Å². The second kappa shape index (κ2) is 4.71. The third-order valence-corrected chi connectivity index (χ3v) is 5.26. The average molecular weight is 286 g/mol. The Balaban J connectivity index is 1.90. The van der Waals surface area contributed by atoms with Crippen LogP contribution in [0.15, 0.2) is 60.2 Å². The van der Waals surface area contributed by atoms with Crippen molar-refractivity contribution in [3.05, 3.63) is 76.9 Å². The molecule has 0 nitrogen and oxygen atoms in total. The summed E-state index contributed by atoms with van der Waals surface area (Å²) in [6.07, 6.45) is 7.05. The van der Waals surface area contributed by atoms with Crippen LogP contribution >= 0.6 is 0 Å². The zero-order valence-electron chi connectivity index (χ0n) is 13.6. The molecule has 0 atom stereocenters. The second-order valence-corrected chi connectivity index (χ2v) is 7.09. The van der Waals surface area contributed by atoms with E-state index in [1.165, 1.54) is 46.2 Å². The summed E-state index contributed by atoms with van der Waals surface area (Å²) in [5.41, 5.74) is 10.2. The highest BCUT2D eigenvalue weighted by molar-refractivity contribution is 5.88. The van der Waals surface area contributed by atoms with E-state index in [1.54, 1.807) is 5.57 Å². The van der Waals surface area contributed by atoms with Gasteiger partial charge < -0.3 is 0 Å². The molecule has 0 spiro atoms. The van der Waals surface area contributed by atoms with E-state index in [2.05, 4.69) is 75.4 Å². The number of benzene rings is 2. The molecule has 110 valence electrons. The van der Waals surface area contributed by atoms with Crippen LogP contribution in [0, 0.1) is 6.92 Å². The summed E-state index contributed by atoms with van der Waals surface area (Å²) >= 11 is 0. The van der Waals surface area contributed by atoms with Crippen molar-refractivity contribution >= 4 is 5.57 Å². The largest absolute Gasteiger partial charge is 0.0836 e. The van der Waals surface area contributed by atoms with Gasteiger partial charge in [0.15, 0.2) is 0 Å². The Bertz CT molecular complexity index is 816. The smallest absolute Gasteiger partial charge is 0.0121 e. The van der Waals surface area contributed by atoms with E-state index >= 15 is 0 Å². The van der Waals surface area contributed by atoms with Crippen LogP contribution in [-0.4, -0.2) is 0 Å². The SMILES string of the molecule is Cc1cccc(-c2ccc3c(c2)C2=C(CCC=C2)C3(C)C)c1. The first-order chi connectivity index (χ1) is 10.6. The van der Waals surface area contributed by atoms with Crippen molar-refractivity contribution in [3.8, 4) is 11.1 Å². The van der Waals surface area contributed by atoms with Gasteiger partial charge in [0, 0.05) is 5.41 Å². The normalized spacial score (nSPS) is 18.3. The quantitative estimate of drug-likeness (QED) is 0.598. The van der Waals surface area contributed by atoms with Crippen LogP contribution in [0.1, 0.15) is 43.4 Å². The molecule has 0 fully saturated rings. The number of hydrogen-bond donors (Lipinski definition) is 0. The molecule has 0 heterocycles. The van der Waals surface area contributed by atoms with Crippen molar-refractivity contribution in [1.82, 2.24) is 0 Å². The van der Waals surface area contributed by atoms with Gasteiger partial charge in [-0.1, -0.05) is 73.5 Å². The molecular weight excluding hydrogens is 264 g/mol. The minimum atomic E-state index is 0.181. The highest BCUT2D eigenvalue weighted by atomic mass is 14.4. The van der Waals surface area contributed by atoms with Crippen molar-refractivity contribution < 1.29 is 0 Å². The van der Waals surface area contributed by atoms with Crippen molar-refractivity contribution in [2.45, 2.75) is 39.0 Å². The second-order valence-electron chi connectivity index (χ2n) is 7.09. The molecule has 0 N–H and O–H groups in total. The number of rotatable bonds is 1. The lowest BCUT2D eigenvalue weighted by atomic mass is 9.78. The fraction of sp³-hybridized carbons (Fsp3) is 0.273. The topological polar surface area (TPSA) is 0 Å². The first-order valence-corrected chi connectivity index (χ1v) is 8.19. The van der Waals surface area contributed by atoms with Gasteiger partial charge in [-0.15, -0.1) is 0 Å². The average Bonchev–Trinajstić information content (AvgIpc) is 2.76. The highest BCUT2D eigenvalue weighted by Gasteiger charge is 2.37. The van der Waals surface area contributed by atoms with Crippen molar-refractivity contribution in [2.24, 2.45) is 0 Å². The van der Waals surface area contributed by atoms with Gasteiger partial charge in [0.05, 0.1) is 0 Å². The summed E-state index contributed by atoms with van der Waals surface area (Å²) in [4.78, 5) is 0. The summed E-state index contributed by atoms with van der Waals surface area (Å²) in [5, 5.41) is 0. The van der Waals surface area contributed by atoms with Crippen LogP contribution < -0.4 is 0 Å². The Kier molecular flexibility index (Phi) is 2.91. The lowest BCUT2D eigenvalue weighted by molar-refractivity contribution is 0.607. The Hall–Kier alpha value is -2.08. The van der Waals surface area contributed by atoms with E-state index in [1.807, 2.05) is 0 Å². The molecule has 0 amide bonds. The van der Waals surface area contributed by atoms with Gasteiger partial charge >= 0.3 is 0 Å². The minimum absolute atomic E-state index is 0.181. The molecule has 2 aromatic rings. The summed E-state index contributed by atoms with van der Waals surface area (Å²) in [6, 6.07) is 15.8. The first kappa shape index (κ1) is 13.6. The minimum Gasteiger partial charge on any atom is -0.0836 e. The molecule has 0 bridgehead atoms. The third-order valence-electron chi connectivity index (χ3n) is 5.26. The van der Waals surface area contributed by atoms with Gasteiger partial charge in [0.1, 0.15) is 0 Å². The summed E-state index contributed by atoms with van der Waals surface area (Å²) in [7, 11) is 0. The van der Waals surface area contributed by atoms with E-state index < -0.39 is 0 Å². The van der Waals surface area contributed by atoms with Crippen molar-refractivity contribution in [1.29, 1.82) is 0 Å². The van der Waals surface area contributed by atoms with Gasteiger partial charge in [-0.25, -0.2) is 0 Å². The van der Waals surface area contributed by atoms with Crippen LogP contribution in [0.5, 0.6) is 0 Å². The number of aryl methyl sites for hydroxylation is 1. The fourth-order valence-corrected chi connectivity index (χ4v) is 4.04. The monoisotopic (exact) mass is 286 g/mol. The maximum Gasteiger partial charge on any atom is 0.0121 e. The molecule has 0 heteroatoms. The van der Waals surface area contributed by atoms with Crippen LogP contribution in [0.25, 0.3) is 16.7 Å². The molecule has 0 unspecified atom stereocenters. The first-order valence-electron chi connectivity index (χ1n) is 8.19. The van der Waals surface area contributed by atoms with E-state index in [4.69, 9.17) is 0 Å². The molecule has 0 saturated carbocycles. The lowest BCUT2D eigenvalue weighted by Crippen LogP contribution is -2.17. The Morgan fingerprint density at radius 2 is 1.77 bits per heavy atom. The van der Waals surface area contributed by atoms with E-state index in [0.29, 0.717) is 0 Å².